The molecule has 1 aromatic carbocycles. The molecule has 3 nitrogen and oxygen atoms in total. The first-order chi connectivity index (χ1) is 10.0. The molecule has 0 saturated carbocycles. The Bertz CT molecular complexity index is 487. The highest BCUT2D eigenvalue weighted by Gasteiger charge is 2.31. The Morgan fingerprint density at radius 3 is 2.95 bits per heavy atom. The van der Waals surface area contributed by atoms with Gasteiger partial charge in [0.2, 0.25) is 5.91 Å². The van der Waals surface area contributed by atoms with Crippen molar-refractivity contribution in [3.05, 3.63) is 34.3 Å². The van der Waals surface area contributed by atoms with E-state index in [1.165, 1.54) is 0 Å². The van der Waals surface area contributed by atoms with Gasteiger partial charge in [-0.05, 0) is 50.8 Å². The standard InChI is InChI=1S/C16H23ClN2OS/c1-11(2)19-15(8-5-9-21-19)16(20)18-10-13-12(3)6-4-7-14(13)17/h4,6-7,11,15H,5,8-10H2,1-3H3,(H,18,20). The zero-order valence-corrected chi connectivity index (χ0v) is 14.4. The van der Waals surface area contributed by atoms with Crippen molar-refractivity contribution < 1.29 is 4.79 Å². The highest BCUT2D eigenvalue weighted by Crippen LogP contribution is 2.28. The lowest BCUT2D eigenvalue weighted by Gasteiger charge is -2.36. The first-order valence-corrected chi connectivity index (χ1v) is 8.75. The van der Waals surface area contributed by atoms with Gasteiger partial charge in [-0.25, -0.2) is 4.31 Å². The van der Waals surface area contributed by atoms with E-state index in [-0.39, 0.29) is 11.9 Å². The number of nitrogens with one attached hydrogen (secondary N) is 1. The van der Waals surface area contributed by atoms with Gasteiger partial charge in [-0.2, -0.15) is 0 Å². The number of rotatable bonds is 4. The maximum atomic E-state index is 12.5. The predicted octanol–water partition coefficient (Wildman–Crippen LogP) is 3.79. The predicted molar refractivity (Wildman–Crippen MR) is 90.5 cm³/mol. The minimum atomic E-state index is -0.0356. The molecule has 5 heteroatoms. The van der Waals surface area contributed by atoms with Crippen molar-refractivity contribution in [2.75, 3.05) is 5.75 Å². The fourth-order valence-corrected chi connectivity index (χ4v) is 4.08. The quantitative estimate of drug-likeness (QED) is 0.854. The molecule has 1 atom stereocenters. The number of hydrogen-bond donors (Lipinski definition) is 1. The van der Waals surface area contributed by atoms with Crippen LogP contribution in [0.5, 0.6) is 0 Å². The highest BCUT2D eigenvalue weighted by atomic mass is 35.5. The summed E-state index contributed by atoms with van der Waals surface area (Å²) in [5.74, 6) is 1.21. The molecule has 0 aliphatic carbocycles. The molecule has 21 heavy (non-hydrogen) atoms. The lowest BCUT2D eigenvalue weighted by Crippen LogP contribution is -2.48. The summed E-state index contributed by atoms with van der Waals surface area (Å²) in [6.07, 6.45) is 2.02. The summed E-state index contributed by atoms with van der Waals surface area (Å²) in [6.45, 7) is 6.79. The van der Waals surface area contributed by atoms with Crippen molar-refractivity contribution in [3.8, 4) is 0 Å². The lowest BCUT2D eigenvalue weighted by atomic mass is 10.1. The third-order valence-electron chi connectivity index (χ3n) is 3.77. The molecule has 2 rings (SSSR count). The first-order valence-electron chi connectivity index (χ1n) is 7.43. The summed E-state index contributed by atoms with van der Waals surface area (Å²) in [6, 6.07) is 6.15. The highest BCUT2D eigenvalue weighted by molar-refractivity contribution is 7.97. The van der Waals surface area contributed by atoms with E-state index in [0.717, 1.165) is 29.7 Å². The molecule has 1 unspecified atom stereocenters. The van der Waals surface area contributed by atoms with E-state index in [0.29, 0.717) is 17.6 Å². The molecule has 0 radical (unpaired) electrons. The van der Waals surface area contributed by atoms with E-state index >= 15 is 0 Å². The summed E-state index contributed by atoms with van der Waals surface area (Å²) in [5, 5.41) is 3.77. The van der Waals surface area contributed by atoms with E-state index in [2.05, 4.69) is 23.5 Å². The van der Waals surface area contributed by atoms with Gasteiger partial charge in [-0.15, -0.1) is 0 Å². The summed E-state index contributed by atoms with van der Waals surface area (Å²) >= 11 is 7.99. The van der Waals surface area contributed by atoms with E-state index < -0.39 is 0 Å². The normalized spacial score (nSPS) is 19.8. The van der Waals surface area contributed by atoms with Gasteiger partial charge in [-0.1, -0.05) is 35.7 Å². The Kier molecular flexibility index (Phi) is 5.97. The number of nitrogens with zero attached hydrogens (tertiary/aromatic N) is 1. The van der Waals surface area contributed by atoms with Crippen molar-refractivity contribution in [2.24, 2.45) is 0 Å². The number of amides is 1. The number of aryl methyl sites for hydroxylation is 1. The van der Waals surface area contributed by atoms with Crippen LogP contribution in [0.1, 0.15) is 37.8 Å². The van der Waals surface area contributed by atoms with Gasteiger partial charge in [0.15, 0.2) is 0 Å². The molecule has 1 heterocycles. The molecule has 0 aromatic heterocycles. The molecular formula is C16H23ClN2OS. The van der Waals surface area contributed by atoms with Crippen LogP contribution in [0.25, 0.3) is 0 Å². The average molecular weight is 327 g/mol. The van der Waals surface area contributed by atoms with Gasteiger partial charge in [0.05, 0.1) is 6.04 Å². The third-order valence-corrected chi connectivity index (χ3v) is 5.57. The molecule has 0 spiro atoms. The van der Waals surface area contributed by atoms with Crippen LogP contribution in [0.2, 0.25) is 5.02 Å². The Morgan fingerprint density at radius 2 is 2.29 bits per heavy atom. The monoisotopic (exact) mass is 326 g/mol. The number of carbonyl (C=O) groups is 1. The van der Waals surface area contributed by atoms with E-state index in [1.54, 1.807) is 11.9 Å². The molecule has 1 fully saturated rings. The molecule has 0 bridgehead atoms. The minimum absolute atomic E-state index is 0.0356. The van der Waals surface area contributed by atoms with Gasteiger partial charge in [0, 0.05) is 23.4 Å². The van der Waals surface area contributed by atoms with Crippen molar-refractivity contribution in [3.63, 3.8) is 0 Å². The van der Waals surface area contributed by atoms with E-state index in [4.69, 9.17) is 11.6 Å². The topological polar surface area (TPSA) is 32.3 Å². The second kappa shape index (κ2) is 7.52. The number of benzene rings is 1. The second-order valence-electron chi connectivity index (χ2n) is 5.70. The zero-order chi connectivity index (χ0) is 15.4. The van der Waals surface area contributed by atoms with Crippen molar-refractivity contribution >= 4 is 29.5 Å². The summed E-state index contributed by atoms with van der Waals surface area (Å²) < 4.78 is 2.22. The lowest BCUT2D eigenvalue weighted by molar-refractivity contribution is -0.125. The number of halogens is 1. The van der Waals surface area contributed by atoms with Crippen LogP contribution in [0.4, 0.5) is 0 Å². The van der Waals surface area contributed by atoms with Crippen molar-refractivity contribution in [1.29, 1.82) is 0 Å². The molecule has 1 N–H and O–H groups in total. The molecule has 1 saturated heterocycles. The fraction of sp³-hybridized carbons (Fsp3) is 0.562. The minimum Gasteiger partial charge on any atom is -0.351 e. The molecule has 116 valence electrons. The van der Waals surface area contributed by atoms with Crippen LogP contribution in [-0.2, 0) is 11.3 Å². The zero-order valence-electron chi connectivity index (χ0n) is 12.9. The Balaban J connectivity index is 2.00. The smallest absolute Gasteiger partial charge is 0.238 e. The molecular weight excluding hydrogens is 304 g/mol. The molecule has 1 amide bonds. The molecule has 1 aliphatic rings. The van der Waals surface area contributed by atoms with Gasteiger partial charge in [0.25, 0.3) is 0 Å². The second-order valence-corrected chi connectivity index (χ2v) is 7.19. The maximum absolute atomic E-state index is 12.5. The van der Waals surface area contributed by atoms with Gasteiger partial charge < -0.3 is 5.32 Å². The summed E-state index contributed by atoms with van der Waals surface area (Å²) in [4.78, 5) is 12.5. The Morgan fingerprint density at radius 1 is 1.52 bits per heavy atom. The van der Waals surface area contributed by atoms with Gasteiger partial charge >= 0.3 is 0 Å². The fourth-order valence-electron chi connectivity index (χ4n) is 2.60. The van der Waals surface area contributed by atoms with Crippen molar-refractivity contribution in [1.82, 2.24) is 9.62 Å². The summed E-state index contributed by atoms with van der Waals surface area (Å²) in [7, 11) is 0. The first kappa shape index (κ1) is 16.7. The SMILES string of the molecule is Cc1cccc(Cl)c1CNC(=O)C1CCCSN1C(C)C. The van der Waals surface area contributed by atoms with Gasteiger partial charge in [0.1, 0.15) is 0 Å². The molecule has 1 aliphatic heterocycles. The maximum Gasteiger partial charge on any atom is 0.238 e. The van der Waals surface area contributed by atoms with Crippen LogP contribution >= 0.6 is 23.5 Å². The van der Waals surface area contributed by atoms with Crippen LogP contribution in [0.15, 0.2) is 18.2 Å². The van der Waals surface area contributed by atoms with E-state index in [1.807, 2.05) is 25.1 Å². The van der Waals surface area contributed by atoms with Crippen LogP contribution in [0, 0.1) is 6.92 Å². The average Bonchev–Trinajstić information content (AvgIpc) is 2.46. The van der Waals surface area contributed by atoms with Crippen LogP contribution in [-0.4, -0.2) is 28.0 Å². The number of hydrogen-bond acceptors (Lipinski definition) is 3. The van der Waals surface area contributed by atoms with Crippen LogP contribution in [0.3, 0.4) is 0 Å². The third kappa shape index (κ3) is 4.15. The van der Waals surface area contributed by atoms with E-state index in [9.17, 15) is 4.79 Å². The summed E-state index contributed by atoms with van der Waals surface area (Å²) in [5.41, 5.74) is 2.12. The van der Waals surface area contributed by atoms with Crippen molar-refractivity contribution in [2.45, 2.75) is 52.2 Å². The Hall–Kier alpha value is -0.710. The number of carbonyl (C=O) groups excluding carboxylic acids is 1. The van der Waals surface area contributed by atoms with Crippen LogP contribution < -0.4 is 5.32 Å². The molecule has 1 aromatic rings. The van der Waals surface area contributed by atoms with Gasteiger partial charge in [-0.3, -0.25) is 4.79 Å². The largest absolute Gasteiger partial charge is 0.351 e. The Labute approximate surface area is 136 Å².